The van der Waals surface area contributed by atoms with Gasteiger partial charge < -0.3 is 5.11 Å². The molecule has 0 aromatic rings. The van der Waals surface area contributed by atoms with E-state index in [1.165, 1.54) is 4.90 Å². The molecular formula is C12H18N2O4. The number of piperidine rings is 1. The van der Waals surface area contributed by atoms with Crippen LogP contribution in [0.3, 0.4) is 0 Å². The Balaban J connectivity index is 2.17. The maximum Gasteiger partial charge on any atom is 0.320 e. The molecule has 2 unspecified atom stereocenters. The molecule has 2 atom stereocenters. The van der Waals surface area contributed by atoms with Gasteiger partial charge in [0, 0.05) is 6.54 Å². The van der Waals surface area contributed by atoms with Crippen molar-refractivity contribution in [2.45, 2.75) is 44.7 Å². The highest BCUT2D eigenvalue weighted by Crippen LogP contribution is 2.26. The topological polar surface area (TPSA) is 77.9 Å². The number of nitrogens with zero attached hydrogens (tertiary/aromatic N) is 2. The van der Waals surface area contributed by atoms with Crippen molar-refractivity contribution in [2.75, 3.05) is 13.1 Å². The molecule has 0 aromatic carbocycles. The van der Waals surface area contributed by atoms with Gasteiger partial charge in [0.05, 0.1) is 12.5 Å². The number of amides is 2. The summed E-state index contributed by atoms with van der Waals surface area (Å²) < 4.78 is 0. The molecule has 2 aliphatic heterocycles. The smallest absolute Gasteiger partial charge is 0.320 e. The summed E-state index contributed by atoms with van der Waals surface area (Å²) in [5.41, 5.74) is 0. The van der Waals surface area contributed by atoms with Gasteiger partial charge in [0.1, 0.15) is 6.04 Å². The molecule has 0 aromatic heterocycles. The van der Waals surface area contributed by atoms with Crippen molar-refractivity contribution in [2.24, 2.45) is 0 Å². The second-order valence-corrected chi connectivity index (χ2v) is 4.78. The van der Waals surface area contributed by atoms with Crippen LogP contribution in [-0.4, -0.2) is 57.9 Å². The minimum atomic E-state index is -0.898. The lowest BCUT2D eigenvalue weighted by atomic mass is 9.99. The van der Waals surface area contributed by atoms with Gasteiger partial charge in [-0.05, 0) is 26.3 Å². The van der Waals surface area contributed by atoms with Gasteiger partial charge in [-0.3, -0.25) is 24.2 Å². The fourth-order valence-corrected chi connectivity index (χ4v) is 2.85. The summed E-state index contributed by atoms with van der Waals surface area (Å²) in [5.74, 6) is -1.33. The van der Waals surface area contributed by atoms with E-state index in [0.717, 1.165) is 12.8 Å². The van der Waals surface area contributed by atoms with Gasteiger partial charge in [-0.15, -0.1) is 0 Å². The van der Waals surface area contributed by atoms with E-state index in [1.54, 1.807) is 11.8 Å². The van der Waals surface area contributed by atoms with Gasteiger partial charge >= 0.3 is 5.97 Å². The number of carboxylic acid groups (broad SMARTS) is 1. The third kappa shape index (κ3) is 2.12. The number of aliphatic carboxylic acids is 1. The van der Waals surface area contributed by atoms with Gasteiger partial charge in [-0.2, -0.15) is 0 Å². The fraction of sp³-hybridized carbons (Fsp3) is 0.750. The summed E-state index contributed by atoms with van der Waals surface area (Å²) >= 11 is 0. The van der Waals surface area contributed by atoms with Crippen LogP contribution >= 0.6 is 0 Å². The molecule has 2 saturated heterocycles. The molecule has 2 rings (SSSR count). The second kappa shape index (κ2) is 5.06. The Labute approximate surface area is 106 Å². The Morgan fingerprint density at radius 1 is 1.39 bits per heavy atom. The number of carbonyl (C=O) groups is 3. The molecule has 0 radical (unpaired) electrons. The SMILES string of the molecule is CCN1C(=O)CC(N2CCCCC2C(=O)O)C1=O. The highest BCUT2D eigenvalue weighted by molar-refractivity contribution is 6.05. The number of rotatable bonds is 3. The number of imide groups is 1. The molecule has 0 bridgehead atoms. The zero-order valence-corrected chi connectivity index (χ0v) is 10.5. The first-order chi connectivity index (χ1) is 8.56. The third-order valence-corrected chi connectivity index (χ3v) is 3.77. The Kier molecular flexibility index (Phi) is 3.65. The first-order valence-electron chi connectivity index (χ1n) is 6.39. The van der Waals surface area contributed by atoms with Gasteiger partial charge in [0.2, 0.25) is 11.8 Å². The van der Waals surface area contributed by atoms with E-state index in [4.69, 9.17) is 0 Å². The fourth-order valence-electron chi connectivity index (χ4n) is 2.85. The summed E-state index contributed by atoms with van der Waals surface area (Å²) in [6, 6.07) is -1.20. The van der Waals surface area contributed by atoms with Crippen LogP contribution in [0.4, 0.5) is 0 Å². The number of likely N-dealkylation sites (tertiary alicyclic amines) is 2. The van der Waals surface area contributed by atoms with E-state index in [2.05, 4.69) is 0 Å². The van der Waals surface area contributed by atoms with E-state index < -0.39 is 18.1 Å². The average molecular weight is 254 g/mol. The molecule has 18 heavy (non-hydrogen) atoms. The Morgan fingerprint density at radius 3 is 2.67 bits per heavy atom. The van der Waals surface area contributed by atoms with Gasteiger partial charge in [-0.1, -0.05) is 6.42 Å². The van der Waals surface area contributed by atoms with Gasteiger partial charge in [0.25, 0.3) is 0 Å². The van der Waals surface area contributed by atoms with E-state index in [0.29, 0.717) is 19.5 Å². The van der Waals surface area contributed by atoms with Crippen LogP contribution in [0.15, 0.2) is 0 Å². The van der Waals surface area contributed by atoms with Crippen molar-refractivity contribution in [3.05, 3.63) is 0 Å². The van der Waals surface area contributed by atoms with Crippen molar-refractivity contribution in [3.8, 4) is 0 Å². The minimum absolute atomic E-state index is 0.121. The molecule has 2 amide bonds. The molecule has 100 valence electrons. The lowest BCUT2D eigenvalue weighted by molar-refractivity contribution is -0.147. The lowest BCUT2D eigenvalue weighted by Gasteiger charge is -2.35. The predicted octanol–water partition coefficient (Wildman–Crippen LogP) is 0.0729. The summed E-state index contributed by atoms with van der Waals surface area (Å²) in [4.78, 5) is 37.9. The summed E-state index contributed by atoms with van der Waals surface area (Å²) in [6.07, 6.45) is 2.42. The molecule has 6 nitrogen and oxygen atoms in total. The lowest BCUT2D eigenvalue weighted by Crippen LogP contribution is -2.52. The Hall–Kier alpha value is -1.43. The number of likely N-dealkylation sites (N-methyl/N-ethyl adjacent to an activating group) is 1. The molecule has 1 N–H and O–H groups in total. The zero-order valence-electron chi connectivity index (χ0n) is 10.5. The van der Waals surface area contributed by atoms with E-state index in [9.17, 15) is 19.5 Å². The standard InChI is InChI=1S/C12H18N2O4/c1-2-13-10(15)7-9(11(13)16)14-6-4-3-5-8(14)12(17)18/h8-9H,2-7H2,1H3,(H,17,18). The number of hydrogen-bond donors (Lipinski definition) is 1. The van der Waals surface area contributed by atoms with Crippen LogP contribution in [0.25, 0.3) is 0 Å². The molecular weight excluding hydrogens is 236 g/mol. The second-order valence-electron chi connectivity index (χ2n) is 4.78. The van der Waals surface area contributed by atoms with E-state index in [-0.39, 0.29) is 18.2 Å². The molecule has 0 aliphatic carbocycles. The largest absolute Gasteiger partial charge is 0.480 e. The quantitative estimate of drug-likeness (QED) is 0.721. The zero-order chi connectivity index (χ0) is 13.3. The minimum Gasteiger partial charge on any atom is -0.480 e. The Morgan fingerprint density at radius 2 is 2.11 bits per heavy atom. The molecule has 2 fully saturated rings. The van der Waals surface area contributed by atoms with Crippen molar-refractivity contribution in [1.29, 1.82) is 0 Å². The number of carboxylic acids is 1. The summed E-state index contributed by atoms with van der Waals surface area (Å²) in [6.45, 7) is 2.70. The van der Waals surface area contributed by atoms with Crippen LogP contribution in [0.1, 0.15) is 32.6 Å². The molecule has 0 spiro atoms. The maximum atomic E-state index is 12.1. The first-order valence-corrected chi connectivity index (χ1v) is 6.39. The van der Waals surface area contributed by atoms with E-state index in [1.807, 2.05) is 0 Å². The van der Waals surface area contributed by atoms with Crippen LogP contribution in [0.5, 0.6) is 0 Å². The highest BCUT2D eigenvalue weighted by atomic mass is 16.4. The van der Waals surface area contributed by atoms with Crippen LogP contribution in [0, 0.1) is 0 Å². The summed E-state index contributed by atoms with van der Waals surface area (Å²) in [5, 5.41) is 9.19. The van der Waals surface area contributed by atoms with Gasteiger partial charge in [0.15, 0.2) is 0 Å². The molecule has 6 heteroatoms. The van der Waals surface area contributed by atoms with Crippen LogP contribution in [-0.2, 0) is 14.4 Å². The van der Waals surface area contributed by atoms with Crippen molar-refractivity contribution in [3.63, 3.8) is 0 Å². The van der Waals surface area contributed by atoms with Crippen molar-refractivity contribution in [1.82, 2.24) is 9.80 Å². The van der Waals surface area contributed by atoms with Crippen molar-refractivity contribution < 1.29 is 19.5 Å². The normalized spacial score (nSPS) is 29.9. The highest BCUT2D eigenvalue weighted by Gasteiger charge is 2.45. The predicted molar refractivity (Wildman–Crippen MR) is 62.8 cm³/mol. The monoisotopic (exact) mass is 254 g/mol. The maximum absolute atomic E-state index is 12.1. The molecule has 2 heterocycles. The van der Waals surface area contributed by atoms with Crippen LogP contribution < -0.4 is 0 Å². The Bertz CT molecular complexity index is 382. The number of hydrogen-bond acceptors (Lipinski definition) is 4. The van der Waals surface area contributed by atoms with Crippen LogP contribution in [0.2, 0.25) is 0 Å². The third-order valence-electron chi connectivity index (χ3n) is 3.77. The first kappa shape index (κ1) is 13.0. The average Bonchev–Trinajstić information content (AvgIpc) is 2.64. The molecule has 2 aliphatic rings. The summed E-state index contributed by atoms with van der Waals surface area (Å²) in [7, 11) is 0. The molecule has 0 saturated carbocycles. The van der Waals surface area contributed by atoms with Gasteiger partial charge in [-0.25, -0.2) is 0 Å². The number of carbonyl (C=O) groups excluding carboxylic acids is 2. The van der Waals surface area contributed by atoms with E-state index >= 15 is 0 Å². The van der Waals surface area contributed by atoms with Crippen molar-refractivity contribution >= 4 is 17.8 Å².